The molecule has 0 saturated carbocycles. The summed E-state index contributed by atoms with van der Waals surface area (Å²) < 4.78 is 156. The highest BCUT2D eigenvalue weighted by Crippen LogP contribution is 2.43. The van der Waals surface area contributed by atoms with Gasteiger partial charge in [0.25, 0.3) is 0 Å². The smallest absolute Gasteiger partial charge is 0.414 e. The van der Waals surface area contributed by atoms with Gasteiger partial charge in [0.2, 0.25) is 0 Å². The van der Waals surface area contributed by atoms with Crippen molar-refractivity contribution < 1.29 is 70.2 Å². The van der Waals surface area contributed by atoms with Crippen LogP contribution in [0.3, 0.4) is 0 Å². The van der Waals surface area contributed by atoms with E-state index in [1.807, 2.05) is 0 Å². The number of rotatable bonds is 8. The third-order valence-electron chi connectivity index (χ3n) is 5.86. The van der Waals surface area contributed by atoms with Crippen LogP contribution in [0.4, 0.5) is 26.3 Å². The SMILES string of the molecule is CC1(C)O[C@@H]2O[C@H]([C@@H](CO[Si](C)(C)C(C)(C)C)OS(=O)(=O)C(F)(F)F)[C@@H](OS(=O)(=O)C(F)(F)F)[C@@H]2O1. The predicted molar refractivity (Wildman–Crippen MR) is 112 cm³/mol. The van der Waals surface area contributed by atoms with E-state index in [4.69, 9.17) is 18.6 Å². The molecule has 2 aliphatic rings. The van der Waals surface area contributed by atoms with Gasteiger partial charge in [-0.15, -0.1) is 0 Å². The molecule has 0 N–H and O–H groups in total. The summed E-state index contributed by atoms with van der Waals surface area (Å²) >= 11 is 0. The topological polar surface area (TPSA) is 124 Å². The molecule has 0 aliphatic carbocycles. The fourth-order valence-corrected chi connectivity index (χ4v) is 5.25. The Morgan fingerprint density at radius 2 is 1.42 bits per heavy atom. The second-order valence-electron chi connectivity index (χ2n) is 10.1. The number of ether oxygens (including phenoxy) is 3. The summed E-state index contributed by atoms with van der Waals surface area (Å²) in [4.78, 5) is 0. The molecule has 0 aromatic rings. The summed E-state index contributed by atoms with van der Waals surface area (Å²) in [6.07, 6.45) is -10.1. The van der Waals surface area contributed by atoms with Gasteiger partial charge >= 0.3 is 31.3 Å². The van der Waals surface area contributed by atoms with Gasteiger partial charge in [-0.05, 0) is 32.0 Å². The van der Waals surface area contributed by atoms with Gasteiger partial charge in [0.15, 0.2) is 20.4 Å². The van der Waals surface area contributed by atoms with Gasteiger partial charge in [-0.1, -0.05) is 20.8 Å². The molecule has 0 spiro atoms. The highest BCUT2D eigenvalue weighted by atomic mass is 32.2. The zero-order chi connectivity index (χ0) is 28.3. The van der Waals surface area contributed by atoms with Crippen molar-refractivity contribution in [2.45, 2.75) is 100 Å². The van der Waals surface area contributed by atoms with E-state index in [1.54, 1.807) is 33.9 Å². The molecule has 0 aromatic carbocycles. The van der Waals surface area contributed by atoms with Gasteiger partial charge in [-0.2, -0.15) is 43.2 Å². The first-order valence-electron chi connectivity index (χ1n) is 10.3. The van der Waals surface area contributed by atoms with E-state index in [0.29, 0.717) is 0 Å². The zero-order valence-corrected chi connectivity index (χ0v) is 22.9. The van der Waals surface area contributed by atoms with Crippen molar-refractivity contribution in [3.63, 3.8) is 0 Å². The largest absolute Gasteiger partial charge is 0.523 e. The molecule has 0 radical (unpaired) electrons. The third-order valence-corrected chi connectivity index (χ3v) is 12.5. The lowest BCUT2D eigenvalue weighted by Gasteiger charge is -2.38. The number of alkyl halides is 6. The Balaban J connectivity index is 2.51. The quantitative estimate of drug-likeness (QED) is 0.178. The lowest BCUT2D eigenvalue weighted by atomic mass is 10.1. The van der Waals surface area contributed by atoms with E-state index in [1.165, 1.54) is 13.8 Å². The van der Waals surface area contributed by atoms with Gasteiger partial charge in [-0.25, -0.2) is 0 Å². The van der Waals surface area contributed by atoms with Crippen molar-refractivity contribution in [2.75, 3.05) is 6.61 Å². The molecular formula is C17H28F6O10S2Si. The summed E-state index contributed by atoms with van der Waals surface area (Å²) in [5, 5.41) is -0.529. The van der Waals surface area contributed by atoms with E-state index >= 15 is 0 Å². The molecule has 0 aromatic heterocycles. The second kappa shape index (κ2) is 9.58. The van der Waals surface area contributed by atoms with E-state index in [-0.39, 0.29) is 0 Å². The summed E-state index contributed by atoms with van der Waals surface area (Å²) in [7, 11) is -15.5. The average Bonchev–Trinajstić information content (AvgIpc) is 3.08. The number of fused-ring (bicyclic) bond motifs is 1. The fraction of sp³-hybridized carbons (Fsp3) is 1.00. The maximum Gasteiger partial charge on any atom is 0.523 e. The van der Waals surface area contributed by atoms with Gasteiger partial charge in [0.05, 0.1) is 6.61 Å². The molecule has 36 heavy (non-hydrogen) atoms. The Hall–Kier alpha value is -0.543. The van der Waals surface area contributed by atoms with Crippen LogP contribution in [0.25, 0.3) is 0 Å². The Morgan fingerprint density at radius 3 is 1.86 bits per heavy atom. The van der Waals surface area contributed by atoms with Crippen LogP contribution in [0.1, 0.15) is 34.6 Å². The predicted octanol–water partition coefficient (Wildman–Crippen LogP) is 3.35. The van der Waals surface area contributed by atoms with E-state index in [9.17, 15) is 43.2 Å². The molecule has 5 atom stereocenters. The van der Waals surface area contributed by atoms with Crippen LogP contribution < -0.4 is 0 Å². The molecule has 2 heterocycles. The van der Waals surface area contributed by atoms with E-state index in [0.717, 1.165) is 0 Å². The molecule has 2 aliphatic heterocycles. The fourth-order valence-electron chi connectivity index (χ4n) is 3.02. The first-order valence-corrected chi connectivity index (χ1v) is 16.1. The Kier molecular flexibility index (Phi) is 8.43. The van der Waals surface area contributed by atoms with Crippen molar-refractivity contribution >= 4 is 28.6 Å². The minimum absolute atomic E-state index is 0.529. The minimum Gasteiger partial charge on any atom is -0.414 e. The molecule has 2 rings (SSSR count). The summed E-state index contributed by atoms with van der Waals surface area (Å²) in [6, 6.07) is 0. The first-order chi connectivity index (χ1) is 15.7. The third kappa shape index (κ3) is 6.71. The molecule has 2 saturated heterocycles. The second-order valence-corrected chi connectivity index (χ2v) is 18.1. The number of halogens is 6. The van der Waals surface area contributed by atoms with Crippen LogP contribution in [-0.4, -0.2) is 79.3 Å². The van der Waals surface area contributed by atoms with Gasteiger partial charge in [-0.3, -0.25) is 8.37 Å². The van der Waals surface area contributed by atoms with Crippen molar-refractivity contribution in [3.05, 3.63) is 0 Å². The molecule has 19 heteroatoms. The lowest BCUT2D eigenvalue weighted by molar-refractivity contribution is -0.224. The minimum atomic E-state index is -6.34. The molecular weight excluding hydrogens is 570 g/mol. The monoisotopic (exact) mass is 598 g/mol. The lowest BCUT2D eigenvalue weighted by Crippen LogP contribution is -2.51. The van der Waals surface area contributed by atoms with E-state index in [2.05, 4.69) is 8.37 Å². The maximum atomic E-state index is 13.1. The molecule has 0 bridgehead atoms. The van der Waals surface area contributed by atoms with Crippen LogP contribution in [0, 0.1) is 0 Å². The van der Waals surface area contributed by atoms with Crippen molar-refractivity contribution in [1.82, 2.24) is 0 Å². The number of hydrogen-bond donors (Lipinski definition) is 0. The van der Waals surface area contributed by atoms with E-state index < -0.39 is 87.7 Å². The standard InChI is InChI=1S/C17H28F6O10S2Si/c1-14(2,3)36(6,7)28-8-9(32-34(24,25)16(18,19)20)10-11(33-35(26,27)17(21,22)23)12-13(29-10)31-15(4,5)30-12/h9-13H,8H2,1-7H3/t9-,10-,11-,12+,13+/m1/s1. The maximum absolute atomic E-state index is 13.1. The van der Waals surface area contributed by atoms with Gasteiger partial charge in [0, 0.05) is 0 Å². The highest BCUT2D eigenvalue weighted by Gasteiger charge is 2.62. The Labute approximate surface area is 205 Å². The van der Waals surface area contributed by atoms with Crippen LogP contribution in [0.15, 0.2) is 0 Å². The zero-order valence-electron chi connectivity index (χ0n) is 20.3. The van der Waals surface area contributed by atoms with Crippen LogP contribution >= 0.6 is 0 Å². The van der Waals surface area contributed by atoms with Crippen molar-refractivity contribution in [2.24, 2.45) is 0 Å². The molecule has 0 amide bonds. The Bertz CT molecular complexity index is 1020. The van der Waals surface area contributed by atoms with Crippen molar-refractivity contribution in [1.29, 1.82) is 0 Å². The molecule has 2 fully saturated rings. The molecule has 10 nitrogen and oxygen atoms in total. The Morgan fingerprint density at radius 1 is 0.917 bits per heavy atom. The first kappa shape index (κ1) is 31.7. The van der Waals surface area contributed by atoms with Crippen LogP contribution in [-0.2, 0) is 47.2 Å². The molecule has 214 valence electrons. The van der Waals surface area contributed by atoms with Crippen LogP contribution in [0.2, 0.25) is 18.1 Å². The number of hydrogen-bond acceptors (Lipinski definition) is 10. The van der Waals surface area contributed by atoms with Gasteiger partial charge in [0.1, 0.15) is 24.4 Å². The van der Waals surface area contributed by atoms with Crippen molar-refractivity contribution in [3.8, 4) is 0 Å². The highest BCUT2D eigenvalue weighted by molar-refractivity contribution is 7.87. The van der Waals surface area contributed by atoms with Crippen LogP contribution in [0.5, 0.6) is 0 Å². The molecule has 0 unspecified atom stereocenters. The summed E-state index contributed by atoms with van der Waals surface area (Å²) in [5.74, 6) is -1.50. The summed E-state index contributed by atoms with van der Waals surface area (Å²) in [6.45, 7) is 10.3. The average molecular weight is 599 g/mol. The summed E-state index contributed by atoms with van der Waals surface area (Å²) in [5.41, 5.74) is -11.8. The van der Waals surface area contributed by atoms with Gasteiger partial charge < -0.3 is 18.6 Å². The normalized spacial score (nSPS) is 28.8.